The molecule has 0 bridgehead atoms. The molecule has 1 amide bonds. The van der Waals surface area contributed by atoms with E-state index in [1.165, 1.54) is 30.6 Å². The minimum atomic E-state index is -0.405. The predicted octanol–water partition coefficient (Wildman–Crippen LogP) is 4.67. The second-order valence-electron chi connectivity index (χ2n) is 5.98. The normalized spacial score (nSPS) is 10.6. The largest absolute Gasteiger partial charge is 0.480 e. The van der Waals surface area contributed by atoms with Gasteiger partial charge in [-0.15, -0.1) is 21.5 Å². The molecule has 0 saturated heterocycles. The van der Waals surface area contributed by atoms with Crippen molar-refractivity contribution in [2.45, 2.75) is 0 Å². The Morgan fingerprint density at radius 2 is 1.76 bits per heavy atom. The molecule has 4 rings (SSSR count). The molecule has 29 heavy (non-hydrogen) atoms. The molecule has 144 valence electrons. The molecular formula is C21H15FN4O2S. The molecular weight excluding hydrogens is 391 g/mol. The number of hydrogen-bond acceptors (Lipinski definition) is 6. The van der Waals surface area contributed by atoms with Gasteiger partial charge in [-0.3, -0.25) is 4.79 Å². The van der Waals surface area contributed by atoms with E-state index in [0.717, 1.165) is 5.56 Å². The highest BCUT2D eigenvalue weighted by Crippen LogP contribution is 2.33. The summed E-state index contributed by atoms with van der Waals surface area (Å²) in [7, 11) is 1.48. The molecule has 0 aliphatic carbocycles. The molecule has 6 nitrogen and oxygen atoms in total. The lowest BCUT2D eigenvalue weighted by Crippen LogP contribution is -2.15. The van der Waals surface area contributed by atoms with E-state index in [4.69, 9.17) is 4.74 Å². The van der Waals surface area contributed by atoms with Crippen LogP contribution in [0.5, 0.6) is 5.88 Å². The lowest BCUT2D eigenvalue weighted by atomic mass is 10.1. The van der Waals surface area contributed by atoms with Gasteiger partial charge in [0.2, 0.25) is 5.88 Å². The van der Waals surface area contributed by atoms with Gasteiger partial charge in [0.1, 0.15) is 10.8 Å². The van der Waals surface area contributed by atoms with Crippen LogP contribution < -0.4 is 10.1 Å². The molecule has 0 radical (unpaired) electrons. The number of aromatic nitrogens is 3. The fourth-order valence-electron chi connectivity index (χ4n) is 2.71. The van der Waals surface area contributed by atoms with E-state index in [9.17, 15) is 9.18 Å². The van der Waals surface area contributed by atoms with Crippen molar-refractivity contribution in [2.75, 3.05) is 12.4 Å². The summed E-state index contributed by atoms with van der Waals surface area (Å²) in [6.45, 7) is 0. The zero-order valence-electron chi connectivity index (χ0n) is 15.3. The molecule has 0 aliphatic rings. The van der Waals surface area contributed by atoms with E-state index in [0.29, 0.717) is 27.8 Å². The number of carbonyl (C=O) groups is 1. The number of benzene rings is 2. The van der Waals surface area contributed by atoms with Crippen LogP contribution in [0, 0.1) is 5.82 Å². The summed E-state index contributed by atoms with van der Waals surface area (Å²) in [5, 5.41) is 12.9. The zero-order chi connectivity index (χ0) is 20.2. The molecule has 2 aromatic carbocycles. The number of para-hydroxylation sites is 1. The molecule has 0 unspecified atom stereocenters. The highest BCUT2D eigenvalue weighted by Gasteiger charge is 2.15. The Hall–Kier alpha value is -3.65. The Bertz CT molecular complexity index is 1160. The first-order chi connectivity index (χ1) is 14.2. The number of hydrogen-bond donors (Lipinski definition) is 1. The molecule has 0 fully saturated rings. The Kier molecular flexibility index (Phi) is 5.26. The van der Waals surface area contributed by atoms with Gasteiger partial charge in [-0.05, 0) is 24.3 Å². The van der Waals surface area contributed by atoms with E-state index in [1.54, 1.807) is 30.3 Å². The van der Waals surface area contributed by atoms with Gasteiger partial charge in [-0.1, -0.05) is 30.3 Å². The third-order valence-electron chi connectivity index (χ3n) is 4.14. The van der Waals surface area contributed by atoms with Crippen LogP contribution in [0.3, 0.4) is 0 Å². The maximum Gasteiger partial charge on any atom is 0.276 e. The number of nitrogens with one attached hydrogen (secondary N) is 1. The lowest BCUT2D eigenvalue weighted by Gasteiger charge is -2.09. The van der Waals surface area contributed by atoms with E-state index in [-0.39, 0.29) is 11.5 Å². The fraction of sp³-hybridized carbons (Fsp3) is 0.0476. The third kappa shape index (κ3) is 3.97. The minimum absolute atomic E-state index is 0.158. The molecule has 4 aromatic rings. The number of nitrogens with zero attached hydrogens (tertiary/aromatic N) is 3. The summed E-state index contributed by atoms with van der Waals surface area (Å²) in [4.78, 5) is 17.1. The van der Waals surface area contributed by atoms with Crippen LogP contribution >= 0.6 is 11.3 Å². The highest BCUT2D eigenvalue weighted by atomic mass is 32.1. The van der Waals surface area contributed by atoms with E-state index in [1.807, 2.05) is 23.6 Å². The highest BCUT2D eigenvalue weighted by molar-refractivity contribution is 7.13. The zero-order valence-corrected chi connectivity index (χ0v) is 16.1. The molecule has 2 aromatic heterocycles. The summed E-state index contributed by atoms with van der Waals surface area (Å²) in [6, 6.07) is 16.9. The summed E-state index contributed by atoms with van der Waals surface area (Å²) < 4.78 is 19.0. The van der Waals surface area contributed by atoms with Crippen LogP contribution in [0.25, 0.3) is 21.8 Å². The minimum Gasteiger partial charge on any atom is -0.480 e. The lowest BCUT2D eigenvalue weighted by molar-refractivity contribution is 0.102. The summed E-state index contributed by atoms with van der Waals surface area (Å²) in [6.07, 6.45) is 0. The molecule has 2 heterocycles. The van der Waals surface area contributed by atoms with Crippen LogP contribution in [0.4, 0.5) is 10.1 Å². The van der Waals surface area contributed by atoms with Crippen molar-refractivity contribution >= 4 is 22.9 Å². The van der Waals surface area contributed by atoms with Crippen LogP contribution in [0.1, 0.15) is 10.5 Å². The van der Waals surface area contributed by atoms with Gasteiger partial charge in [0, 0.05) is 22.6 Å². The SMILES string of the molecule is COc1ccc(C(=O)Nc2ccccc2-c2csc(-c3ccccc3F)n2)nn1. The quantitative estimate of drug-likeness (QED) is 0.521. The maximum atomic E-state index is 14.1. The molecule has 0 spiro atoms. The van der Waals surface area contributed by atoms with E-state index in [2.05, 4.69) is 20.5 Å². The van der Waals surface area contributed by atoms with Gasteiger partial charge in [0.25, 0.3) is 5.91 Å². The number of halogens is 1. The molecule has 0 atom stereocenters. The monoisotopic (exact) mass is 406 g/mol. The molecule has 0 saturated carbocycles. The number of carbonyl (C=O) groups excluding carboxylic acids is 1. The molecule has 0 aliphatic heterocycles. The number of thiazole rings is 1. The second kappa shape index (κ2) is 8.15. The smallest absolute Gasteiger partial charge is 0.276 e. The average molecular weight is 406 g/mol. The van der Waals surface area contributed by atoms with Crippen molar-refractivity contribution in [1.29, 1.82) is 0 Å². The fourth-order valence-corrected chi connectivity index (χ4v) is 3.55. The topological polar surface area (TPSA) is 77.0 Å². The first kappa shape index (κ1) is 18.7. The van der Waals surface area contributed by atoms with Gasteiger partial charge >= 0.3 is 0 Å². The average Bonchev–Trinajstić information content (AvgIpc) is 3.24. The van der Waals surface area contributed by atoms with Crippen molar-refractivity contribution < 1.29 is 13.9 Å². The molecule has 1 N–H and O–H groups in total. The standard InChI is InChI=1S/C21H15FN4O2S/c1-28-19-11-10-17(25-26-19)20(27)23-16-9-5-3-7-14(16)18-12-29-21(24-18)13-6-2-4-8-15(13)22/h2-12H,1H3,(H,23,27). The van der Waals surface area contributed by atoms with Crippen LogP contribution in [0.15, 0.2) is 66.0 Å². The van der Waals surface area contributed by atoms with Crippen molar-refractivity contribution in [1.82, 2.24) is 15.2 Å². The Balaban J connectivity index is 1.62. The van der Waals surface area contributed by atoms with Gasteiger partial charge < -0.3 is 10.1 Å². The van der Waals surface area contributed by atoms with Crippen LogP contribution in [-0.2, 0) is 0 Å². The Labute approximate surface area is 170 Å². The maximum absolute atomic E-state index is 14.1. The first-order valence-corrected chi connectivity index (χ1v) is 9.52. The molecule has 8 heteroatoms. The summed E-state index contributed by atoms with van der Waals surface area (Å²) in [5.74, 6) is -0.407. The van der Waals surface area contributed by atoms with Crippen molar-refractivity contribution in [3.63, 3.8) is 0 Å². The first-order valence-electron chi connectivity index (χ1n) is 8.64. The van der Waals surface area contributed by atoms with Crippen LogP contribution in [-0.4, -0.2) is 28.2 Å². The van der Waals surface area contributed by atoms with E-state index < -0.39 is 5.91 Å². The van der Waals surface area contributed by atoms with Gasteiger partial charge in [-0.25, -0.2) is 9.37 Å². The summed E-state index contributed by atoms with van der Waals surface area (Å²) in [5.41, 5.74) is 2.54. The van der Waals surface area contributed by atoms with Crippen molar-refractivity contribution in [3.05, 3.63) is 77.6 Å². The summed E-state index contributed by atoms with van der Waals surface area (Å²) >= 11 is 1.34. The second-order valence-corrected chi connectivity index (χ2v) is 6.84. The van der Waals surface area contributed by atoms with E-state index >= 15 is 0 Å². The number of methoxy groups -OCH3 is 1. The van der Waals surface area contributed by atoms with Gasteiger partial charge in [0.05, 0.1) is 18.5 Å². The number of amides is 1. The number of ether oxygens (including phenoxy) is 1. The number of rotatable bonds is 5. The van der Waals surface area contributed by atoms with Crippen LogP contribution in [0.2, 0.25) is 0 Å². The predicted molar refractivity (Wildman–Crippen MR) is 109 cm³/mol. The number of anilines is 1. The van der Waals surface area contributed by atoms with Crippen molar-refractivity contribution in [2.24, 2.45) is 0 Å². The third-order valence-corrected chi connectivity index (χ3v) is 5.02. The Morgan fingerprint density at radius 3 is 2.48 bits per heavy atom. The van der Waals surface area contributed by atoms with Gasteiger partial charge in [0.15, 0.2) is 5.69 Å². The van der Waals surface area contributed by atoms with Crippen molar-refractivity contribution in [3.8, 4) is 27.7 Å². The van der Waals surface area contributed by atoms with Gasteiger partial charge in [-0.2, -0.15) is 0 Å². The Morgan fingerprint density at radius 1 is 1.00 bits per heavy atom.